The third-order valence-electron chi connectivity index (χ3n) is 8.04. The van der Waals surface area contributed by atoms with Crippen LogP contribution in [0.2, 0.25) is 0 Å². The summed E-state index contributed by atoms with van der Waals surface area (Å²) in [5.41, 5.74) is 1.94. The monoisotopic (exact) mass is 549 g/mol. The fourth-order valence-electron chi connectivity index (χ4n) is 5.88. The quantitative estimate of drug-likeness (QED) is 0.256. The highest BCUT2D eigenvalue weighted by Crippen LogP contribution is 2.49. The number of hydrogen-bond donors (Lipinski definition) is 1. The summed E-state index contributed by atoms with van der Waals surface area (Å²) in [6.07, 6.45) is 5.06. The molecule has 1 N–H and O–H groups in total. The average Bonchev–Trinajstić information content (AvgIpc) is 3.68. The molecule has 2 aliphatic heterocycles. The maximum absolute atomic E-state index is 15.1. The van der Waals surface area contributed by atoms with E-state index >= 15 is 8.78 Å². The summed E-state index contributed by atoms with van der Waals surface area (Å²) in [5, 5.41) is 3.12. The van der Waals surface area contributed by atoms with Gasteiger partial charge in [-0.2, -0.15) is 0 Å². The van der Waals surface area contributed by atoms with Gasteiger partial charge in [-0.15, -0.1) is 0 Å². The topological polar surface area (TPSA) is 83.2 Å². The lowest BCUT2D eigenvalue weighted by molar-refractivity contribution is 0.120. The zero-order valence-electron chi connectivity index (χ0n) is 23.6. The molecule has 2 fully saturated rings. The first kappa shape index (κ1) is 28.0. The number of pyridine rings is 1. The number of piperidine rings is 1. The predicted molar refractivity (Wildman–Crippen MR) is 155 cm³/mol. The van der Waals surface area contributed by atoms with Crippen molar-refractivity contribution in [3.8, 4) is 0 Å². The van der Waals surface area contributed by atoms with Gasteiger partial charge in [0, 0.05) is 23.4 Å². The summed E-state index contributed by atoms with van der Waals surface area (Å²) < 4.78 is 38.1. The summed E-state index contributed by atoms with van der Waals surface area (Å²) in [4.78, 5) is 19.4. The van der Waals surface area contributed by atoms with E-state index < -0.39 is 11.6 Å². The molecule has 0 amide bonds. The van der Waals surface area contributed by atoms with Gasteiger partial charge in [0.25, 0.3) is 0 Å². The van der Waals surface area contributed by atoms with Crippen molar-refractivity contribution >= 4 is 29.3 Å². The molecule has 1 aromatic carbocycles. The number of benzene rings is 1. The van der Waals surface area contributed by atoms with E-state index in [4.69, 9.17) is 4.74 Å². The molecule has 5 rings (SSSR count). The number of halogens is 2. The number of hydrogen-bond acceptors (Lipinski definition) is 7. The summed E-state index contributed by atoms with van der Waals surface area (Å²) in [6.45, 7) is 15.4. The molecule has 0 spiro atoms. The Morgan fingerprint density at radius 2 is 2.05 bits per heavy atom. The number of imidazole rings is 1. The molecule has 3 aromatic rings. The minimum absolute atomic E-state index is 0.0271. The number of allylic oxidation sites excluding steroid dienone is 1. The molecule has 0 bridgehead atoms. The second-order valence-corrected chi connectivity index (χ2v) is 10.8. The van der Waals surface area contributed by atoms with Gasteiger partial charge in [0.15, 0.2) is 11.6 Å². The second-order valence-electron chi connectivity index (χ2n) is 10.8. The van der Waals surface area contributed by atoms with Crippen LogP contribution in [0, 0.1) is 18.7 Å². The number of epoxide rings is 1. The number of aryl methyl sites for hydroxylation is 1. The predicted octanol–water partition coefficient (Wildman–Crippen LogP) is 5.79. The Labute approximate surface area is 233 Å². The van der Waals surface area contributed by atoms with Crippen molar-refractivity contribution < 1.29 is 13.5 Å². The first-order valence-electron chi connectivity index (χ1n) is 13.9. The van der Waals surface area contributed by atoms with E-state index in [0.717, 1.165) is 50.8 Å². The Balaban J connectivity index is 1.34. The molecule has 0 saturated carbocycles. The summed E-state index contributed by atoms with van der Waals surface area (Å²) in [6, 6.07) is 6.95. The van der Waals surface area contributed by atoms with E-state index in [2.05, 4.69) is 43.8 Å². The van der Waals surface area contributed by atoms with Gasteiger partial charge >= 0.3 is 0 Å². The molecule has 40 heavy (non-hydrogen) atoms. The number of fused-ring (bicyclic) bond motifs is 1. The van der Waals surface area contributed by atoms with Crippen LogP contribution in [-0.4, -0.2) is 64.8 Å². The Bertz CT molecular complexity index is 1430. The molecule has 4 heterocycles. The fourth-order valence-corrected chi connectivity index (χ4v) is 5.88. The van der Waals surface area contributed by atoms with Crippen LogP contribution in [0.4, 0.5) is 14.6 Å². The van der Waals surface area contributed by atoms with Crippen molar-refractivity contribution in [1.82, 2.24) is 19.4 Å². The number of anilines is 1. The van der Waals surface area contributed by atoms with Gasteiger partial charge in [0.1, 0.15) is 35.1 Å². The SMILES string of the molecule is C=N/C=C(F)\C(=N/CNc1ccc(C2(C3CCN(CC)CC3)CO2)cn1)c1cc(F)c2nc(C)n(C(C)C)c2c1. The standard InChI is InChI=1S/C30H37F2N7O/c1-6-38-11-9-22(10-12-38)30(17-40-30)23-7-8-27(34-15-23)35-18-36-28(25(32)16-33-5)21-13-24(31)29-26(14-21)39(19(2)3)20(4)37-29/h7-8,13-16,19,22H,5-6,9-12,17-18H2,1-4H3,(H,34,35)/b25-16+,36-28-. The minimum atomic E-state index is -0.715. The highest BCUT2D eigenvalue weighted by atomic mass is 19.1. The number of aliphatic imine (C=N–C) groups is 2. The number of nitrogens with one attached hydrogen (secondary N) is 1. The van der Waals surface area contributed by atoms with Crippen LogP contribution in [-0.2, 0) is 10.3 Å². The molecular formula is C30H37F2N7O. The molecule has 0 aliphatic carbocycles. The number of rotatable bonds is 10. The fraction of sp³-hybridized carbons (Fsp3) is 0.467. The maximum Gasteiger partial charge on any atom is 0.167 e. The molecular weight excluding hydrogens is 512 g/mol. The van der Waals surface area contributed by atoms with Crippen LogP contribution < -0.4 is 5.32 Å². The Morgan fingerprint density at radius 1 is 1.30 bits per heavy atom. The van der Waals surface area contributed by atoms with Gasteiger partial charge in [0.05, 0.1) is 18.3 Å². The number of ether oxygens (including phenoxy) is 1. The Morgan fingerprint density at radius 3 is 2.65 bits per heavy atom. The maximum atomic E-state index is 15.1. The average molecular weight is 550 g/mol. The minimum Gasteiger partial charge on any atom is -0.364 e. The normalized spacial score (nSPS) is 20.9. The van der Waals surface area contributed by atoms with E-state index in [1.807, 2.05) is 43.7 Å². The van der Waals surface area contributed by atoms with E-state index in [1.165, 1.54) is 6.07 Å². The van der Waals surface area contributed by atoms with E-state index in [9.17, 15) is 0 Å². The van der Waals surface area contributed by atoms with Crippen molar-refractivity contribution in [3.05, 3.63) is 65.3 Å². The summed E-state index contributed by atoms with van der Waals surface area (Å²) in [7, 11) is 0. The van der Waals surface area contributed by atoms with Crippen molar-refractivity contribution in [2.75, 3.05) is 38.2 Å². The number of nitrogens with zero attached hydrogens (tertiary/aromatic N) is 6. The van der Waals surface area contributed by atoms with Crippen LogP contribution in [0.5, 0.6) is 0 Å². The second kappa shape index (κ2) is 11.5. The highest BCUT2D eigenvalue weighted by Gasteiger charge is 2.53. The number of likely N-dealkylation sites (tertiary alicyclic amines) is 1. The van der Waals surface area contributed by atoms with E-state index in [0.29, 0.717) is 23.1 Å². The lowest BCUT2D eigenvalue weighted by atomic mass is 9.80. The van der Waals surface area contributed by atoms with Crippen LogP contribution in [0.3, 0.4) is 0 Å². The van der Waals surface area contributed by atoms with Gasteiger partial charge in [-0.3, -0.25) is 9.98 Å². The van der Waals surface area contributed by atoms with Crippen LogP contribution in [0.25, 0.3) is 11.0 Å². The third kappa shape index (κ3) is 5.42. The van der Waals surface area contributed by atoms with Gasteiger partial charge in [0.2, 0.25) is 0 Å². The Kier molecular flexibility index (Phi) is 8.09. The van der Waals surface area contributed by atoms with E-state index in [-0.39, 0.29) is 35.1 Å². The molecule has 10 heteroatoms. The first-order valence-corrected chi connectivity index (χ1v) is 13.9. The van der Waals surface area contributed by atoms with Crippen LogP contribution in [0.1, 0.15) is 56.6 Å². The molecule has 2 aliphatic rings. The van der Waals surface area contributed by atoms with Crippen molar-refractivity contribution in [3.63, 3.8) is 0 Å². The molecule has 2 aromatic heterocycles. The summed E-state index contributed by atoms with van der Waals surface area (Å²) in [5.74, 6) is 0.524. The highest BCUT2D eigenvalue weighted by molar-refractivity contribution is 6.12. The van der Waals surface area contributed by atoms with Crippen LogP contribution in [0.15, 0.2) is 52.5 Å². The molecule has 1 atom stereocenters. The lowest BCUT2D eigenvalue weighted by Gasteiger charge is -2.34. The van der Waals surface area contributed by atoms with Gasteiger partial charge in [-0.05, 0) is 84.1 Å². The summed E-state index contributed by atoms with van der Waals surface area (Å²) >= 11 is 0. The van der Waals surface area contributed by atoms with Gasteiger partial charge in [-0.25, -0.2) is 18.7 Å². The first-order chi connectivity index (χ1) is 19.3. The zero-order valence-corrected chi connectivity index (χ0v) is 23.6. The van der Waals surface area contributed by atoms with Gasteiger partial charge in [-0.1, -0.05) is 13.0 Å². The largest absolute Gasteiger partial charge is 0.364 e. The van der Waals surface area contributed by atoms with E-state index in [1.54, 1.807) is 6.07 Å². The molecule has 0 radical (unpaired) electrons. The molecule has 1 unspecified atom stereocenters. The van der Waals surface area contributed by atoms with Crippen LogP contribution >= 0.6 is 0 Å². The van der Waals surface area contributed by atoms with Crippen molar-refractivity contribution in [2.24, 2.45) is 15.9 Å². The molecule has 212 valence electrons. The number of aromatic nitrogens is 3. The third-order valence-corrected chi connectivity index (χ3v) is 8.04. The van der Waals surface area contributed by atoms with Gasteiger partial charge < -0.3 is 19.5 Å². The zero-order chi connectivity index (χ0) is 28.4. The molecule has 2 saturated heterocycles. The Hall–Kier alpha value is -3.50. The van der Waals surface area contributed by atoms with Crippen molar-refractivity contribution in [1.29, 1.82) is 0 Å². The molecule has 8 nitrogen and oxygen atoms in total. The smallest absolute Gasteiger partial charge is 0.167 e. The lowest BCUT2D eigenvalue weighted by Crippen LogP contribution is -2.38. The van der Waals surface area contributed by atoms with Crippen molar-refractivity contribution in [2.45, 2.75) is 52.2 Å².